The van der Waals surface area contributed by atoms with Gasteiger partial charge in [-0.05, 0) is 31.2 Å². The molecule has 1 aromatic carbocycles. The molecule has 142 valence electrons. The van der Waals surface area contributed by atoms with E-state index in [0.717, 1.165) is 78.3 Å². The largest absolute Gasteiger partial charge is 0.381 e. The van der Waals surface area contributed by atoms with Crippen LogP contribution in [0.15, 0.2) is 30.3 Å². The number of benzene rings is 1. The maximum atomic E-state index is 13.6. The Morgan fingerprint density at radius 3 is 2.35 bits per heavy atom. The molecule has 0 N–H and O–H groups in total. The molecule has 4 rings (SSSR count). The van der Waals surface area contributed by atoms with Gasteiger partial charge < -0.3 is 14.4 Å². The number of carbonyl (C=O) groups is 1. The van der Waals surface area contributed by atoms with Crippen molar-refractivity contribution in [3.63, 3.8) is 0 Å². The van der Waals surface area contributed by atoms with Crippen LogP contribution in [0.1, 0.15) is 31.2 Å². The Balaban J connectivity index is 1.49. The van der Waals surface area contributed by atoms with Gasteiger partial charge >= 0.3 is 0 Å². The quantitative estimate of drug-likeness (QED) is 0.781. The Labute approximate surface area is 156 Å². The van der Waals surface area contributed by atoms with Crippen LogP contribution in [-0.2, 0) is 19.7 Å². The first-order valence-corrected chi connectivity index (χ1v) is 10.0. The minimum Gasteiger partial charge on any atom is -0.381 e. The third-order valence-corrected chi connectivity index (χ3v) is 6.14. The standard InChI is InChI=1S/C21H30N2O3/c24-20(21(8-9-21)18-4-2-1-3-5-18)23(19-6-14-25-15-7-19)11-10-22-12-16-26-17-13-22/h1-5,19H,6-17H2. The molecular formula is C21H30N2O3. The van der Waals surface area contributed by atoms with Gasteiger partial charge in [-0.25, -0.2) is 0 Å². The Morgan fingerprint density at radius 1 is 1.04 bits per heavy atom. The van der Waals surface area contributed by atoms with E-state index in [4.69, 9.17) is 9.47 Å². The van der Waals surface area contributed by atoms with Crippen LogP contribution in [0.2, 0.25) is 0 Å². The van der Waals surface area contributed by atoms with E-state index in [1.165, 1.54) is 5.56 Å². The number of hydrogen-bond donors (Lipinski definition) is 0. The lowest BCUT2D eigenvalue weighted by Crippen LogP contribution is -2.51. The van der Waals surface area contributed by atoms with E-state index >= 15 is 0 Å². The van der Waals surface area contributed by atoms with Gasteiger partial charge in [-0.15, -0.1) is 0 Å². The summed E-state index contributed by atoms with van der Waals surface area (Å²) in [5, 5.41) is 0. The lowest BCUT2D eigenvalue weighted by Gasteiger charge is -2.38. The fourth-order valence-corrected chi connectivity index (χ4v) is 4.30. The van der Waals surface area contributed by atoms with E-state index in [9.17, 15) is 4.79 Å². The van der Waals surface area contributed by atoms with Crippen LogP contribution in [0.5, 0.6) is 0 Å². The van der Waals surface area contributed by atoms with Crippen molar-refractivity contribution >= 4 is 5.91 Å². The Kier molecular flexibility index (Phi) is 5.57. The van der Waals surface area contributed by atoms with Gasteiger partial charge in [-0.3, -0.25) is 9.69 Å². The number of hydrogen-bond acceptors (Lipinski definition) is 4. The maximum absolute atomic E-state index is 13.6. The highest BCUT2D eigenvalue weighted by atomic mass is 16.5. The first kappa shape index (κ1) is 18.0. The highest BCUT2D eigenvalue weighted by molar-refractivity contribution is 5.91. The van der Waals surface area contributed by atoms with Gasteiger partial charge in [0.1, 0.15) is 0 Å². The Morgan fingerprint density at radius 2 is 1.69 bits per heavy atom. The zero-order valence-corrected chi connectivity index (χ0v) is 15.6. The van der Waals surface area contributed by atoms with Gasteiger partial charge in [0.25, 0.3) is 0 Å². The molecule has 0 radical (unpaired) electrons. The monoisotopic (exact) mass is 358 g/mol. The Hall–Kier alpha value is -1.43. The molecule has 1 saturated carbocycles. The van der Waals surface area contributed by atoms with E-state index in [2.05, 4.69) is 34.1 Å². The zero-order valence-electron chi connectivity index (χ0n) is 15.6. The second-order valence-electron chi connectivity index (χ2n) is 7.74. The maximum Gasteiger partial charge on any atom is 0.233 e. The van der Waals surface area contributed by atoms with Crippen LogP contribution < -0.4 is 0 Å². The summed E-state index contributed by atoms with van der Waals surface area (Å²) >= 11 is 0. The van der Waals surface area contributed by atoms with E-state index in [1.807, 2.05) is 6.07 Å². The van der Waals surface area contributed by atoms with Crippen LogP contribution in [0, 0.1) is 0 Å². The summed E-state index contributed by atoms with van der Waals surface area (Å²) in [6.07, 6.45) is 3.87. The first-order valence-electron chi connectivity index (χ1n) is 10.0. The van der Waals surface area contributed by atoms with Crippen molar-refractivity contribution in [1.82, 2.24) is 9.80 Å². The normalized spacial score (nSPS) is 23.5. The topological polar surface area (TPSA) is 42.0 Å². The minimum absolute atomic E-state index is 0.273. The van der Waals surface area contributed by atoms with E-state index in [-0.39, 0.29) is 5.41 Å². The number of nitrogens with zero attached hydrogens (tertiary/aromatic N) is 2. The van der Waals surface area contributed by atoms with Crippen LogP contribution in [0.3, 0.4) is 0 Å². The molecule has 2 aliphatic heterocycles. The molecule has 2 heterocycles. The molecular weight excluding hydrogens is 328 g/mol. The van der Waals surface area contributed by atoms with Gasteiger partial charge in [0, 0.05) is 45.4 Å². The number of ether oxygens (including phenoxy) is 2. The SMILES string of the molecule is O=C(N(CCN1CCOCC1)C1CCOCC1)C1(c2ccccc2)CC1. The van der Waals surface area contributed by atoms with Crippen molar-refractivity contribution in [2.24, 2.45) is 0 Å². The molecule has 2 saturated heterocycles. The predicted octanol–water partition coefficient (Wildman–Crippen LogP) is 2.06. The summed E-state index contributed by atoms with van der Waals surface area (Å²) in [6, 6.07) is 10.7. The van der Waals surface area contributed by atoms with Crippen LogP contribution >= 0.6 is 0 Å². The van der Waals surface area contributed by atoms with Crippen molar-refractivity contribution < 1.29 is 14.3 Å². The van der Waals surface area contributed by atoms with Gasteiger partial charge in [0.15, 0.2) is 0 Å². The number of morpholine rings is 1. The summed E-state index contributed by atoms with van der Waals surface area (Å²) in [5.41, 5.74) is 0.915. The summed E-state index contributed by atoms with van der Waals surface area (Å²) in [7, 11) is 0. The number of carbonyl (C=O) groups excluding carboxylic acids is 1. The molecule has 1 aromatic rings. The summed E-state index contributed by atoms with van der Waals surface area (Å²) in [5.74, 6) is 0.337. The smallest absolute Gasteiger partial charge is 0.233 e. The van der Waals surface area contributed by atoms with Crippen LogP contribution in [0.4, 0.5) is 0 Å². The average molecular weight is 358 g/mol. The van der Waals surface area contributed by atoms with Gasteiger partial charge in [0.2, 0.25) is 5.91 Å². The van der Waals surface area contributed by atoms with E-state index in [1.54, 1.807) is 0 Å². The molecule has 0 atom stereocenters. The molecule has 5 nitrogen and oxygen atoms in total. The van der Waals surface area contributed by atoms with Crippen molar-refractivity contribution in [3.05, 3.63) is 35.9 Å². The second kappa shape index (κ2) is 8.07. The fraction of sp³-hybridized carbons (Fsp3) is 0.667. The molecule has 0 spiro atoms. The molecule has 3 aliphatic rings. The Bertz CT molecular complexity index is 591. The third kappa shape index (κ3) is 3.80. The molecule has 0 bridgehead atoms. The van der Waals surface area contributed by atoms with Gasteiger partial charge in [-0.1, -0.05) is 30.3 Å². The highest BCUT2D eigenvalue weighted by Gasteiger charge is 2.53. The molecule has 1 aliphatic carbocycles. The van der Waals surface area contributed by atoms with Crippen molar-refractivity contribution in [2.75, 3.05) is 52.6 Å². The molecule has 1 amide bonds. The summed E-state index contributed by atoms with van der Waals surface area (Å²) < 4.78 is 11.0. The molecule has 0 aromatic heterocycles. The zero-order chi connectivity index (χ0) is 17.8. The lowest BCUT2D eigenvalue weighted by molar-refractivity contribution is -0.138. The molecule has 5 heteroatoms. The fourth-order valence-electron chi connectivity index (χ4n) is 4.30. The van der Waals surface area contributed by atoms with Crippen molar-refractivity contribution in [3.8, 4) is 0 Å². The minimum atomic E-state index is -0.273. The van der Waals surface area contributed by atoms with Gasteiger partial charge in [-0.2, -0.15) is 0 Å². The molecule has 0 unspecified atom stereocenters. The highest BCUT2D eigenvalue weighted by Crippen LogP contribution is 2.50. The second-order valence-corrected chi connectivity index (χ2v) is 7.74. The number of amides is 1. The van der Waals surface area contributed by atoms with Crippen molar-refractivity contribution in [1.29, 1.82) is 0 Å². The van der Waals surface area contributed by atoms with E-state index in [0.29, 0.717) is 11.9 Å². The van der Waals surface area contributed by atoms with E-state index < -0.39 is 0 Å². The molecule has 26 heavy (non-hydrogen) atoms. The average Bonchev–Trinajstić information content (AvgIpc) is 3.52. The van der Waals surface area contributed by atoms with Crippen LogP contribution in [0.25, 0.3) is 0 Å². The van der Waals surface area contributed by atoms with Crippen LogP contribution in [-0.4, -0.2) is 74.4 Å². The number of rotatable bonds is 6. The lowest BCUT2D eigenvalue weighted by atomic mass is 9.92. The summed E-state index contributed by atoms with van der Waals surface area (Å²) in [6.45, 7) is 6.85. The first-order chi connectivity index (χ1) is 12.8. The van der Waals surface area contributed by atoms with Crippen molar-refractivity contribution in [2.45, 2.75) is 37.1 Å². The summed E-state index contributed by atoms with van der Waals surface area (Å²) in [4.78, 5) is 18.3. The third-order valence-electron chi connectivity index (χ3n) is 6.14. The predicted molar refractivity (Wildman–Crippen MR) is 100 cm³/mol. The van der Waals surface area contributed by atoms with Gasteiger partial charge in [0.05, 0.1) is 18.6 Å². The molecule has 3 fully saturated rings.